The van der Waals surface area contributed by atoms with Crippen LogP contribution < -0.4 is 10.7 Å². The largest absolute Gasteiger partial charge is 0.326 e. The number of nitrogens with one attached hydrogen (secondary N) is 2. The first-order chi connectivity index (χ1) is 12.1. The number of pyridine rings is 1. The molecule has 0 spiro atoms. The van der Waals surface area contributed by atoms with Crippen LogP contribution in [0.1, 0.15) is 23.0 Å². The molecule has 0 atom stereocenters. The van der Waals surface area contributed by atoms with E-state index in [-0.39, 0.29) is 11.8 Å². The summed E-state index contributed by atoms with van der Waals surface area (Å²) in [5, 5.41) is 7.59. The number of carbonyl (C=O) groups excluding carboxylic acids is 2. The van der Waals surface area contributed by atoms with Crippen molar-refractivity contribution in [3.63, 3.8) is 0 Å². The van der Waals surface area contributed by atoms with Crippen LogP contribution in [0.15, 0.2) is 65.8 Å². The predicted octanol–water partition coefficient (Wildman–Crippen LogP) is 2.96. The van der Waals surface area contributed by atoms with Gasteiger partial charge in [-0.05, 0) is 29.8 Å². The van der Waals surface area contributed by atoms with Crippen molar-refractivity contribution in [3.8, 4) is 0 Å². The third kappa shape index (κ3) is 4.26. The van der Waals surface area contributed by atoms with Crippen LogP contribution in [0.3, 0.4) is 0 Å². The summed E-state index contributed by atoms with van der Waals surface area (Å²) in [5.74, 6) is -0.506. The third-order valence-corrected chi connectivity index (χ3v) is 3.44. The van der Waals surface area contributed by atoms with E-state index in [4.69, 9.17) is 0 Å². The second-order valence-electron chi connectivity index (χ2n) is 5.39. The summed E-state index contributed by atoms with van der Waals surface area (Å²) in [6, 6.07) is 18.2. The van der Waals surface area contributed by atoms with Crippen LogP contribution in [-0.2, 0) is 4.79 Å². The minimum Gasteiger partial charge on any atom is -0.326 e. The topological polar surface area (TPSA) is 83.5 Å². The lowest BCUT2D eigenvalue weighted by Gasteiger charge is -2.02. The molecule has 0 saturated carbocycles. The molecule has 0 fully saturated rings. The van der Waals surface area contributed by atoms with Crippen LogP contribution in [0.2, 0.25) is 0 Å². The van der Waals surface area contributed by atoms with E-state index >= 15 is 0 Å². The number of fused-ring (bicyclic) bond motifs is 1. The summed E-state index contributed by atoms with van der Waals surface area (Å²) in [7, 11) is 0. The van der Waals surface area contributed by atoms with E-state index in [2.05, 4.69) is 20.8 Å². The highest BCUT2D eigenvalue weighted by Crippen LogP contribution is 2.11. The molecule has 2 aromatic carbocycles. The fraction of sp³-hybridized carbons (Fsp3) is 0.0526. The lowest BCUT2D eigenvalue weighted by molar-refractivity contribution is -0.114. The molecule has 6 heteroatoms. The maximum absolute atomic E-state index is 12.1. The average molecular weight is 332 g/mol. The van der Waals surface area contributed by atoms with E-state index in [0.29, 0.717) is 11.4 Å². The summed E-state index contributed by atoms with van der Waals surface area (Å²) >= 11 is 0. The SMILES string of the molecule is CC(=O)Nc1ccc(/C=N\NC(=O)c2ccc3ccccc3n2)cc1. The first kappa shape index (κ1) is 16.3. The summed E-state index contributed by atoms with van der Waals surface area (Å²) in [5.41, 5.74) is 5.01. The lowest BCUT2D eigenvalue weighted by atomic mass is 10.2. The highest BCUT2D eigenvalue weighted by molar-refractivity contribution is 5.95. The molecular formula is C19H16N4O2. The molecule has 0 bridgehead atoms. The number of carbonyl (C=O) groups is 2. The van der Waals surface area contributed by atoms with Gasteiger partial charge in [-0.15, -0.1) is 0 Å². The molecule has 1 aromatic heterocycles. The Morgan fingerprint density at radius 2 is 1.76 bits per heavy atom. The number of hydrogen-bond donors (Lipinski definition) is 2. The zero-order valence-corrected chi connectivity index (χ0v) is 13.6. The molecule has 124 valence electrons. The van der Waals surface area contributed by atoms with Gasteiger partial charge in [-0.25, -0.2) is 10.4 Å². The highest BCUT2D eigenvalue weighted by Gasteiger charge is 2.06. The summed E-state index contributed by atoms with van der Waals surface area (Å²) in [4.78, 5) is 27.4. The molecule has 2 amide bonds. The van der Waals surface area contributed by atoms with Gasteiger partial charge in [0.15, 0.2) is 0 Å². The van der Waals surface area contributed by atoms with Gasteiger partial charge in [-0.3, -0.25) is 9.59 Å². The molecule has 3 aromatic rings. The molecule has 0 saturated heterocycles. The number of hydrazone groups is 1. The molecule has 0 aliphatic carbocycles. The van der Waals surface area contributed by atoms with Crippen molar-refractivity contribution in [2.24, 2.45) is 5.10 Å². The van der Waals surface area contributed by atoms with Gasteiger partial charge in [0.25, 0.3) is 5.91 Å². The Morgan fingerprint density at radius 3 is 2.52 bits per heavy atom. The maximum atomic E-state index is 12.1. The highest BCUT2D eigenvalue weighted by atomic mass is 16.2. The Morgan fingerprint density at radius 1 is 1.00 bits per heavy atom. The Kier molecular flexibility index (Phi) is 4.80. The molecule has 0 radical (unpaired) electrons. The van der Waals surface area contributed by atoms with Crippen LogP contribution in [0.5, 0.6) is 0 Å². The predicted molar refractivity (Wildman–Crippen MR) is 97.5 cm³/mol. The van der Waals surface area contributed by atoms with Gasteiger partial charge in [0.1, 0.15) is 5.69 Å². The minimum atomic E-state index is -0.378. The summed E-state index contributed by atoms with van der Waals surface area (Å²) in [6.45, 7) is 1.45. The van der Waals surface area contributed by atoms with Crippen molar-refractivity contribution < 1.29 is 9.59 Å². The number of aromatic nitrogens is 1. The first-order valence-corrected chi connectivity index (χ1v) is 7.69. The van der Waals surface area contributed by atoms with Crippen molar-refractivity contribution >= 4 is 34.6 Å². The number of para-hydroxylation sites is 1. The van der Waals surface area contributed by atoms with Crippen molar-refractivity contribution in [2.45, 2.75) is 6.92 Å². The van der Waals surface area contributed by atoms with E-state index in [1.165, 1.54) is 13.1 Å². The standard InChI is InChI=1S/C19H16N4O2/c1-13(24)21-16-9-6-14(7-10-16)12-20-23-19(25)18-11-8-15-4-2-3-5-17(15)22-18/h2-12H,1H3,(H,21,24)(H,23,25)/b20-12-. The van der Waals surface area contributed by atoms with Crippen molar-refractivity contribution in [1.82, 2.24) is 10.4 Å². The number of rotatable bonds is 4. The van der Waals surface area contributed by atoms with Crippen LogP contribution >= 0.6 is 0 Å². The Hall–Kier alpha value is -3.54. The van der Waals surface area contributed by atoms with Crippen LogP contribution in [0, 0.1) is 0 Å². The summed E-state index contributed by atoms with van der Waals surface area (Å²) in [6.07, 6.45) is 1.52. The number of amides is 2. The molecule has 0 aliphatic heterocycles. The zero-order chi connectivity index (χ0) is 17.6. The quantitative estimate of drug-likeness (QED) is 0.569. The van der Waals surface area contributed by atoms with Crippen LogP contribution in [0.4, 0.5) is 5.69 Å². The number of benzene rings is 2. The molecule has 6 nitrogen and oxygen atoms in total. The fourth-order valence-corrected chi connectivity index (χ4v) is 2.27. The number of hydrogen-bond acceptors (Lipinski definition) is 4. The fourth-order valence-electron chi connectivity index (χ4n) is 2.27. The maximum Gasteiger partial charge on any atom is 0.289 e. The van der Waals surface area contributed by atoms with Gasteiger partial charge in [-0.2, -0.15) is 5.10 Å². The zero-order valence-electron chi connectivity index (χ0n) is 13.6. The van der Waals surface area contributed by atoms with Crippen molar-refractivity contribution in [1.29, 1.82) is 0 Å². The Labute approximate surface area is 144 Å². The molecule has 0 unspecified atom stereocenters. The smallest absolute Gasteiger partial charge is 0.289 e. The van der Waals surface area contributed by atoms with Gasteiger partial charge in [0.2, 0.25) is 5.91 Å². The Balaban J connectivity index is 1.64. The Bertz CT molecular complexity index is 949. The van der Waals surface area contributed by atoms with E-state index in [1.807, 2.05) is 30.3 Å². The second-order valence-corrected chi connectivity index (χ2v) is 5.39. The lowest BCUT2D eigenvalue weighted by Crippen LogP contribution is -2.18. The van der Waals surface area contributed by atoms with Gasteiger partial charge < -0.3 is 5.32 Å². The van der Waals surface area contributed by atoms with Crippen LogP contribution in [-0.4, -0.2) is 23.0 Å². The molecule has 0 aliphatic rings. The van der Waals surface area contributed by atoms with Gasteiger partial charge >= 0.3 is 0 Å². The first-order valence-electron chi connectivity index (χ1n) is 7.69. The van der Waals surface area contributed by atoms with E-state index in [1.54, 1.807) is 30.3 Å². The minimum absolute atomic E-state index is 0.128. The van der Waals surface area contributed by atoms with E-state index in [0.717, 1.165) is 16.5 Å². The van der Waals surface area contributed by atoms with Gasteiger partial charge in [0.05, 0.1) is 11.7 Å². The monoisotopic (exact) mass is 332 g/mol. The van der Waals surface area contributed by atoms with E-state index < -0.39 is 0 Å². The second kappa shape index (κ2) is 7.35. The van der Waals surface area contributed by atoms with Crippen molar-refractivity contribution in [3.05, 3.63) is 71.9 Å². The summed E-state index contributed by atoms with van der Waals surface area (Å²) < 4.78 is 0. The molecule has 3 rings (SSSR count). The molecule has 25 heavy (non-hydrogen) atoms. The molecule has 1 heterocycles. The number of anilines is 1. The number of nitrogens with zero attached hydrogens (tertiary/aromatic N) is 2. The average Bonchev–Trinajstić information content (AvgIpc) is 2.62. The third-order valence-electron chi connectivity index (χ3n) is 3.44. The molecular weight excluding hydrogens is 316 g/mol. The van der Waals surface area contributed by atoms with Crippen molar-refractivity contribution in [2.75, 3.05) is 5.32 Å². The molecule has 2 N–H and O–H groups in total. The normalized spacial score (nSPS) is 10.8. The van der Waals surface area contributed by atoms with E-state index in [9.17, 15) is 9.59 Å². The van der Waals surface area contributed by atoms with Gasteiger partial charge in [-0.1, -0.05) is 36.4 Å². The van der Waals surface area contributed by atoms with Gasteiger partial charge in [0, 0.05) is 18.0 Å². The van der Waals surface area contributed by atoms with Crippen LogP contribution in [0.25, 0.3) is 10.9 Å².